The van der Waals surface area contributed by atoms with Crippen LogP contribution in [0, 0.1) is 0 Å². The number of carbonyl (C=O) groups is 2. The number of anilines is 1. The quantitative estimate of drug-likeness (QED) is 0.363. The average molecular weight is 527 g/mol. The Morgan fingerprint density at radius 3 is 2.58 bits per heavy atom. The molecule has 0 saturated carbocycles. The molecule has 1 atom stereocenters. The topological polar surface area (TPSA) is 101 Å². The summed E-state index contributed by atoms with van der Waals surface area (Å²) in [6, 6.07) is 19.5. The molecule has 4 heterocycles. The number of fused-ring (bicyclic) bond motifs is 2. The zero-order valence-corrected chi connectivity index (χ0v) is 21.8. The SMILES string of the molecule is CC(=O)Nc1nc2sc(C(=O)N[C@@H]3CCN(C)C3)cc2n(-c2ccc3ccn(-c4ccccc4)c3c2)c1=O. The molecule has 0 unspecified atom stereocenters. The Balaban J connectivity index is 1.49. The molecule has 0 spiro atoms. The lowest BCUT2D eigenvalue weighted by molar-refractivity contribution is -0.114. The van der Waals surface area contributed by atoms with Crippen molar-refractivity contribution in [2.75, 3.05) is 25.5 Å². The smallest absolute Gasteiger partial charge is 0.298 e. The van der Waals surface area contributed by atoms with Crippen molar-refractivity contribution in [2.24, 2.45) is 0 Å². The number of aromatic nitrogens is 3. The number of likely N-dealkylation sites (tertiary alicyclic amines) is 1. The maximum Gasteiger partial charge on any atom is 0.298 e. The lowest BCUT2D eigenvalue weighted by atomic mass is 10.2. The van der Waals surface area contributed by atoms with Crippen LogP contribution in [-0.2, 0) is 4.79 Å². The molecule has 2 aromatic carbocycles. The Hall–Kier alpha value is -4.28. The number of amides is 2. The number of nitrogens with zero attached hydrogens (tertiary/aromatic N) is 4. The van der Waals surface area contributed by atoms with Crippen LogP contribution in [-0.4, -0.2) is 57.0 Å². The predicted octanol–water partition coefficient (Wildman–Crippen LogP) is 3.78. The largest absolute Gasteiger partial charge is 0.347 e. The van der Waals surface area contributed by atoms with Crippen LogP contribution in [0.4, 0.5) is 5.82 Å². The van der Waals surface area contributed by atoms with E-state index in [1.807, 2.05) is 67.8 Å². The fraction of sp³-hybridized carbons (Fsp3) is 0.214. The van der Waals surface area contributed by atoms with E-state index in [4.69, 9.17) is 0 Å². The van der Waals surface area contributed by atoms with Gasteiger partial charge in [0.25, 0.3) is 11.5 Å². The van der Waals surface area contributed by atoms with Gasteiger partial charge in [0, 0.05) is 36.8 Å². The van der Waals surface area contributed by atoms with Gasteiger partial charge in [0.15, 0.2) is 0 Å². The molecule has 1 fully saturated rings. The van der Waals surface area contributed by atoms with Crippen LogP contribution < -0.4 is 16.2 Å². The Kier molecular flexibility index (Phi) is 6.05. The monoisotopic (exact) mass is 526 g/mol. The van der Waals surface area contributed by atoms with Crippen LogP contribution in [0.1, 0.15) is 23.0 Å². The van der Waals surface area contributed by atoms with E-state index < -0.39 is 11.5 Å². The second kappa shape index (κ2) is 9.55. The number of rotatable bonds is 5. The summed E-state index contributed by atoms with van der Waals surface area (Å²) in [6.07, 6.45) is 2.88. The first-order valence-corrected chi connectivity index (χ1v) is 13.2. The van der Waals surface area contributed by atoms with Crippen molar-refractivity contribution in [2.45, 2.75) is 19.4 Å². The van der Waals surface area contributed by atoms with Gasteiger partial charge in [0.1, 0.15) is 4.83 Å². The van der Waals surface area contributed by atoms with Crippen molar-refractivity contribution in [1.82, 2.24) is 24.3 Å². The van der Waals surface area contributed by atoms with Gasteiger partial charge >= 0.3 is 0 Å². The van der Waals surface area contributed by atoms with E-state index in [2.05, 4.69) is 25.1 Å². The lowest BCUT2D eigenvalue weighted by Gasteiger charge is -2.12. The highest BCUT2D eigenvalue weighted by Gasteiger charge is 2.24. The molecule has 9 nitrogen and oxygen atoms in total. The van der Waals surface area contributed by atoms with Crippen molar-refractivity contribution in [3.8, 4) is 11.4 Å². The molecule has 2 N–H and O–H groups in total. The number of hydrogen-bond acceptors (Lipinski definition) is 6. The van der Waals surface area contributed by atoms with Gasteiger partial charge in [0.2, 0.25) is 11.7 Å². The number of para-hydroxylation sites is 1. The van der Waals surface area contributed by atoms with Crippen molar-refractivity contribution >= 4 is 50.2 Å². The second-order valence-corrected chi connectivity index (χ2v) is 10.6. The van der Waals surface area contributed by atoms with E-state index in [0.717, 1.165) is 36.1 Å². The Morgan fingerprint density at radius 1 is 1.03 bits per heavy atom. The van der Waals surface area contributed by atoms with Gasteiger partial charge in [0.05, 0.1) is 21.6 Å². The van der Waals surface area contributed by atoms with Crippen LogP contribution >= 0.6 is 11.3 Å². The summed E-state index contributed by atoms with van der Waals surface area (Å²) >= 11 is 1.20. The summed E-state index contributed by atoms with van der Waals surface area (Å²) < 4.78 is 3.58. The molecule has 38 heavy (non-hydrogen) atoms. The summed E-state index contributed by atoms with van der Waals surface area (Å²) in [4.78, 5) is 46.1. The number of benzene rings is 2. The van der Waals surface area contributed by atoms with Crippen molar-refractivity contribution in [3.05, 3.63) is 82.1 Å². The van der Waals surface area contributed by atoms with Crippen LogP contribution in [0.3, 0.4) is 0 Å². The standard InChI is InChI=1S/C28H26N6O3S/c1-17(35)29-25-28(37)34(21-9-8-18-10-13-33(22(18)14-21)20-6-4-3-5-7-20)23-15-24(38-27(23)31-25)26(36)30-19-11-12-32(2)16-19/h3-10,13-15,19H,11-12,16H2,1-2H3,(H,30,36)(H,29,31,35)/t19-/m1/s1. The van der Waals surface area contributed by atoms with E-state index in [0.29, 0.717) is 20.9 Å². The minimum Gasteiger partial charge on any atom is -0.347 e. The molecule has 2 amide bonds. The van der Waals surface area contributed by atoms with Crippen molar-refractivity contribution in [3.63, 3.8) is 0 Å². The maximum atomic E-state index is 13.6. The van der Waals surface area contributed by atoms with E-state index in [-0.39, 0.29) is 17.8 Å². The van der Waals surface area contributed by atoms with Gasteiger partial charge in [-0.2, -0.15) is 0 Å². The Morgan fingerprint density at radius 2 is 1.84 bits per heavy atom. The van der Waals surface area contributed by atoms with Crippen LogP contribution in [0.15, 0.2) is 71.7 Å². The normalized spacial score (nSPS) is 15.8. The van der Waals surface area contributed by atoms with E-state index in [1.54, 1.807) is 6.07 Å². The first-order chi connectivity index (χ1) is 18.4. The molecule has 0 radical (unpaired) electrons. The summed E-state index contributed by atoms with van der Waals surface area (Å²) in [7, 11) is 2.03. The van der Waals surface area contributed by atoms with Crippen LogP contribution in [0.5, 0.6) is 0 Å². The Bertz CT molecular complexity index is 1750. The van der Waals surface area contributed by atoms with Crippen LogP contribution in [0.2, 0.25) is 0 Å². The number of likely N-dealkylation sites (N-methyl/N-ethyl adjacent to an activating group) is 1. The minimum atomic E-state index is -0.466. The predicted molar refractivity (Wildman–Crippen MR) is 150 cm³/mol. The summed E-state index contributed by atoms with van der Waals surface area (Å²) in [5.74, 6) is -0.662. The van der Waals surface area contributed by atoms with Gasteiger partial charge in [-0.3, -0.25) is 19.0 Å². The molecule has 192 valence electrons. The molecule has 0 aliphatic carbocycles. The third kappa shape index (κ3) is 4.37. The molecule has 5 aromatic rings. The molecule has 1 aliphatic rings. The molecule has 3 aromatic heterocycles. The maximum absolute atomic E-state index is 13.6. The number of hydrogen-bond donors (Lipinski definition) is 2. The minimum absolute atomic E-state index is 0.0743. The van der Waals surface area contributed by atoms with Gasteiger partial charge in [-0.15, -0.1) is 11.3 Å². The highest BCUT2D eigenvalue weighted by Crippen LogP contribution is 2.29. The fourth-order valence-corrected chi connectivity index (χ4v) is 5.89. The van der Waals surface area contributed by atoms with Crippen LogP contribution in [0.25, 0.3) is 32.6 Å². The molecule has 0 bridgehead atoms. The molecule has 1 saturated heterocycles. The van der Waals surface area contributed by atoms with E-state index in [1.165, 1.54) is 22.8 Å². The zero-order valence-electron chi connectivity index (χ0n) is 21.0. The summed E-state index contributed by atoms with van der Waals surface area (Å²) in [6.45, 7) is 3.07. The molecular formula is C28H26N6O3S. The molecule has 6 rings (SSSR count). The van der Waals surface area contributed by atoms with Gasteiger partial charge in [-0.1, -0.05) is 24.3 Å². The third-order valence-electron chi connectivity index (χ3n) is 6.77. The Labute approximate surface area is 222 Å². The number of carbonyl (C=O) groups excluding carboxylic acids is 2. The molecule has 10 heteroatoms. The fourth-order valence-electron chi connectivity index (χ4n) is 4.97. The van der Waals surface area contributed by atoms with Gasteiger partial charge in [-0.05, 0) is 56.4 Å². The lowest BCUT2D eigenvalue weighted by Crippen LogP contribution is -2.36. The zero-order chi connectivity index (χ0) is 26.4. The third-order valence-corrected chi connectivity index (χ3v) is 7.78. The van der Waals surface area contributed by atoms with E-state index in [9.17, 15) is 14.4 Å². The second-order valence-electron chi connectivity index (χ2n) is 9.57. The van der Waals surface area contributed by atoms with Gasteiger partial charge < -0.3 is 20.1 Å². The summed E-state index contributed by atoms with van der Waals surface area (Å²) in [5, 5.41) is 6.67. The first kappa shape index (κ1) is 24.1. The highest BCUT2D eigenvalue weighted by molar-refractivity contribution is 7.20. The van der Waals surface area contributed by atoms with E-state index >= 15 is 0 Å². The summed E-state index contributed by atoms with van der Waals surface area (Å²) in [5.41, 5.74) is 2.58. The number of thiophene rings is 1. The average Bonchev–Trinajstić information content (AvgIpc) is 3.62. The van der Waals surface area contributed by atoms with Crippen molar-refractivity contribution in [1.29, 1.82) is 0 Å². The molecular weight excluding hydrogens is 500 g/mol. The highest BCUT2D eigenvalue weighted by atomic mass is 32.1. The first-order valence-electron chi connectivity index (χ1n) is 12.4. The molecule has 1 aliphatic heterocycles. The number of nitrogens with one attached hydrogen (secondary N) is 2. The van der Waals surface area contributed by atoms with Crippen molar-refractivity contribution < 1.29 is 9.59 Å². The van der Waals surface area contributed by atoms with Gasteiger partial charge in [-0.25, -0.2) is 4.98 Å².